The van der Waals surface area contributed by atoms with Crippen molar-refractivity contribution in [1.82, 2.24) is 0 Å². The van der Waals surface area contributed by atoms with Crippen LogP contribution in [-0.2, 0) is 19.1 Å². The third-order valence-electron chi connectivity index (χ3n) is 2.33. The molecule has 0 aromatic rings. The molecule has 0 atom stereocenters. The fraction of sp³-hybridized carbons (Fsp3) is 0.909. The van der Waals surface area contributed by atoms with Gasteiger partial charge in [0.2, 0.25) is 0 Å². The van der Waals surface area contributed by atoms with Crippen molar-refractivity contribution < 1.29 is 22.5 Å². The summed E-state index contributed by atoms with van der Waals surface area (Å²) in [5.74, 6) is -0.733. The van der Waals surface area contributed by atoms with Crippen LogP contribution in [0.25, 0.3) is 0 Å². The molecule has 0 bridgehead atoms. The van der Waals surface area contributed by atoms with Gasteiger partial charge in [-0.2, -0.15) is 8.42 Å². The predicted molar refractivity (Wildman–Crippen MR) is 65.4 cm³/mol. The van der Waals surface area contributed by atoms with E-state index in [4.69, 9.17) is 5.11 Å². The van der Waals surface area contributed by atoms with Gasteiger partial charge in [0.1, 0.15) is 0 Å². The van der Waals surface area contributed by atoms with E-state index in [0.717, 1.165) is 51.2 Å². The summed E-state index contributed by atoms with van der Waals surface area (Å²) in [6, 6.07) is 0. The number of carboxylic acids is 1. The molecular weight excluding hydrogens is 244 g/mol. The summed E-state index contributed by atoms with van der Waals surface area (Å²) in [6.45, 7) is 0.262. The van der Waals surface area contributed by atoms with Crippen LogP contribution < -0.4 is 0 Å². The smallest absolute Gasteiger partial charge is 0.303 e. The van der Waals surface area contributed by atoms with Gasteiger partial charge in [-0.1, -0.05) is 32.1 Å². The third-order valence-corrected chi connectivity index (χ3v) is 2.93. The molecule has 0 rings (SSSR count). The van der Waals surface area contributed by atoms with Gasteiger partial charge in [-0.05, 0) is 12.8 Å². The molecule has 0 radical (unpaired) electrons. The Morgan fingerprint density at radius 3 is 1.94 bits per heavy atom. The Labute approximate surface area is 103 Å². The molecular formula is C11H22O5S. The minimum absolute atomic E-state index is 0.252. The molecule has 5 nitrogen and oxygen atoms in total. The molecule has 6 heteroatoms. The van der Waals surface area contributed by atoms with E-state index in [-0.39, 0.29) is 13.0 Å². The molecule has 0 spiro atoms. The van der Waals surface area contributed by atoms with Gasteiger partial charge < -0.3 is 5.11 Å². The first-order valence-electron chi connectivity index (χ1n) is 5.98. The molecule has 17 heavy (non-hydrogen) atoms. The topological polar surface area (TPSA) is 80.7 Å². The van der Waals surface area contributed by atoms with Gasteiger partial charge in [0.15, 0.2) is 0 Å². The lowest BCUT2D eigenvalue weighted by Crippen LogP contribution is -2.03. The first-order chi connectivity index (χ1) is 7.92. The first-order valence-corrected chi connectivity index (χ1v) is 7.79. The number of rotatable bonds is 11. The maximum absolute atomic E-state index is 10.6. The summed E-state index contributed by atoms with van der Waals surface area (Å²) in [6.07, 6.45) is 7.85. The molecule has 0 heterocycles. The highest BCUT2D eigenvalue weighted by Gasteiger charge is 2.00. The van der Waals surface area contributed by atoms with Crippen molar-refractivity contribution in [3.63, 3.8) is 0 Å². The largest absolute Gasteiger partial charge is 0.481 e. The lowest BCUT2D eigenvalue weighted by molar-refractivity contribution is -0.137. The minimum atomic E-state index is -3.29. The Kier molecular flexibility index (Phi) is 9.07. The van der Waals surface area contributed by atoms with E-state index in [1.165, 1.54) is 0 Å². The van der Waals surface area contributed by atoms with Gasteiger partial charge in [0.25, 0.3) is 10.1 Å². The van der Waals surface area contributed by atoms with Gasteiger partial charge in [-0.25, -0.2) is 0 Å². The van der Waals surface area contributed by atoms with E-state index < -0.39 is 16.1 Å². The molecule has 0 aliphatic heterocycles. The number of hydrogen-bond donors (Lipinski definition) is 1. The second-order valence-corrected chi connectivity index (χ2v) is 5.79. The number of unbranched alkanes of at least 4 members (excludes halogenated alkanes) is 6. The summed E-state index contributed by atoms with van der Waals surface area (Å²) in [7, 11) is -3.29. The summed E-state index contributed by atoms with van der Waals surface area (Å²) in [5, 5.41) is 8.42. The zero-order valence-electron chi connectivity index (χ0n) is 10.4. The molecule has 1 N–H and O–H groups in total. The molecule has 0 saturated carbocycles. The second kappa shape index (κ2) is 9.41. The summed E-state index contributed by atoms with van der Waals surface area (Å²) >= 11 is 0. The maximum Gasteiger partial charge on any atom is 0.303 e. The van der Waals surface area contributed by atoms with Crippen LogP contribution in [0.4, 0.5) is 0 Å². The highest BCUT2D eigenvalue weighted by atomic mass is 32.2. The summed E-state index contributed by atoms with van der Waals surface area (Å²) < 4.78 is 25.9. The van der Waals surface area contributed by atoms with Crippen molar-refractivity contribution in [3.8, 4) is 0 Å². The number of hydrogen-bond acceptors (Lipinski definition) is 4. The van der Waals surface area contributed by atoms with Gasteiger partial charge in [-0.3, -0.25) is 8.98 Å². The predicted octanol–water partition coefficient (Wildman–Crippen LogP) is 2.17. The molecule has 0 saturated heterocycles. The van der Waals surface area contributed by atoms with Crippen LogP contribution in [-0.4, -0.2) is 32.4 Å². The van der Waals surface area contributed by atoms with E-state index in [1.807, 2.05) is 0 Å². The normalized spacial score (nSPS) is 11.6. The van der Waals surface area contributed by atoms with Gasteiger partial charge in [-0.15, -0.1) is 0 Å². The molecule has 102 valence electrons. The van der Waals surface area contributed by atoms with Gasteiger partial charge in [0.05, 0.1) is 12.9 Å². The van der Waals surface area contributed by atoms with Crippen molar-refractivity contribution in [2.45, 2.75) is 51.4 Å². The highest BCUT2D eigenvalue weighted by molar-refractivity contribution is 7.85. The molecule has 0 aromatic carbocycles. The Morgan fingerprint density at radius 2 is 1.47 bits per heavy atom. The summed E-state index contributed by atoms with van der Waals surface area (Å²) in [5.41, 5.74) is 0. The Morgan fingerprint density at radius 1 is 1.00 bits per heavy atom. The van der Waals surface area contributed by atoms with Crippen molar-refractivity contribution in [3.05, 3.63) is 0 Å². The van der Waals surface area contributed by atoms with Crippen molar-refractivity contribution in [2.24, 2.45) is 0 Å². The quantitative estimate of drug-likeness (QED) is 0.458. The SMILES string of the molecule is CS(=O)(=O)OCCCCCCCCCC(=O)O. The van der Waals surface area contributed by atoms with E-state index in [1.54, 1.807) is 0 Å². The van der Waals surface area contributed by atoms with Crippen LogP contribution in [0.2, 0.25) is 0 Å². The average Bonchev–Trinajstić information content (AvgIpc) is 2.18. The Bertz CT molecular complexity index is 297. The number of carbonyl (C=O) groups is 1. The lowest BCUT2D eigenvalue weighted by Gasteiger charge is -2.02. The van der Waals surface area contributed by atoms with Gasteiger partial charge >= 0.3 is 5.97 Å². The average molecular weight is 266 g/mol. The van der Waals surface area contributed by atoms with Crippen LogP contribution in [0.5, 0.6) is 0 Å². The standard InChI is InChI=1S/C11H22O5S/c1-17(14,15)16-10-8-6-4-2-3-5-7-9-11(12)13/h2-10H2,1H3,(H,12,13). The first kappa shape index (κ1) is 16.4. The number of aliphatic carboxylic acids is 1. The molecule has 0 unspecified atom stereocenters. The van der Waals surface area contributed by atoms with E-state index in [2.05, 4.69) is 4.18 Å². The fourth-order valence-corrected chi connectivity index (χ4v) is 1.89. The molecule has 0 fully saturated rings. The Hall–Kier alpha value is -0.620. The van der Waals surface area contributed by atoms with Crippen LogP contribution in [0.1, 0.15) is 51.4 Å². The van der Waals surface area contributed by atoms with Gasteiger partial charge in [0, 0.05) is 6.42 Å². The minimum Gasteiger partial charge on any atom is -0.481 e. The van der Waals surface area contributed by atoms with Crippen LogP contribution in [0.3, 0.4) is 0 Å². The van der Waals surface area contributed by atoms with Crippen molar-refractivity contribution in [2.75, 3.05) is 12.9 Å². The van der Waals surface area contributed by atoms with Crippen LogP contribution >= 0.6 is 0 Å². The van der Waals surface area contributed by atoms with Crippen LogP contribution in [0, 0.1) is 0 Å². The van der Waals surface area contributed by atoms with E-state index in [9.17, 15) is 13.2 Å². The van der Waals surface area contributed by atoms with E-state index in [0.29, 0.717) is 0 Å². The van der Waals surface area contributed by atoms with Crippen LogP contribution in [0.15, 0.2) is 0 Å². The molecule has 0 aliphatic carbocycles. The fourth-order valence-electron chi connectivity index (χ4n) is 1.47. The lowest BCUT2D eigenvalue weighted by atomic mass is 10.1. The third kappa shape index (κ3) is 15.4. The number of carboxylic acid groups (broad SMARTS) is 1. The maximum atomic E-state index is 10.6. The second-order valence-electron chi connectivity index (χ2n) is 4.14. The van der Waals surface area contributed by atoms with Crippen molar-refractivity contribution >= 4 is 16.1 Å². The monoisotopic (exact) mass is 266 g/mol. The molecule has 0 aromatic heterocycles. The molecule has 0 aliphatic rings. The molecule has 0 amide bonds. The zero-order valence-corrected chi connectivity index (χ0v) is 11.2. The highest BCUT2D eigenvalue weighted by Crippen LogP contribution is 2.08. The zero-order chi connectivity index (χ0) is 13.1. The van der Waals surface area contributed by atoms with Crippen molar-refractivity contribution in [1.29, 1.82) is 0 Å². The Balaban J connectivity index is 3.11. The summed E-state index contributed by atoms with van der Waals surface area (Å²) in [4.78, 5) is 10.2. The van der Waals surface area contributed by atoms with E-state index >= 15 is 0 Å².